The predicted octanol–water partition coefficient (Wildman–Crippen LogP) is 3.27. The van der Waals surface area contributed by atoms with Gasteiger partial charge < -0.3 is 22.7 Å². The quantitative estimate of drug-likeness (QED) is 0.386. The van der Waals surface area contributed by atoms with E-state index in [1.165, 1.54) is 58.4 Å². The lowest BCUT2D eigenvalue weighted by atomic mass is 10.1. The van der Waals surface area contributed by atoms with Gasteiger partial charge >= 0.3 is 8.80 Å². The first-order valence-corrected chi connectivity index (χ1v) is 14.9. The Morgan fingerprint density at radius 3 is 1.92 bits per heavy atom. The summed E-state index contributed by atoms with van der Waals surface area (Å²) in [6.45, 7) is 13.6. The van der Waals surface area contributed by atoms with Crippen molar-refractivity contribution in [3.05, 3.63) is 0 Å². The zero-order valence-corrected chi connectivity index (χ0v) is 18.9. The molecule has 1 rings (SSSR count). The largest absolute Gasteiger partial charge is 0.500 e. The Morgan fingerprint density at radius 2 is 1.42 bits per heavy atom. The van der Waals surface area contributed by atoms with E-state index in [0.29, 0.717) is 0 Å². The fraction of sp³-hybridized carbons (Fsp3) is 1.00. The van der Waals surface area contributed by atoms with Crippen molar-refractivity contribution in [3.8, 4) is 0 Å². The smallest absolute Gasteiger partial charge is 0.377 e. The highest BCUT2D eigenvalue weighted by atomic mass is 28.4. The molecule has 0 spiro atoms. The summed E-state index contributed by atoms with van der Waals surface area (Å²) >= 11 is 0. The molecule has 0 amide bonds. The second-order valence-electron chi connectivity index (χ2n) is 7.81. The van der Waals surface area contributed by atoms with E-state index in [-0.39, 0.29) is 0 Å². The average molecular weight is 377 g/mol. The van der Waals surface area contributed by atoms with Crippen LogP contribution in [-0.2, 0) is 13.3 Å². The molecule has 1 aliphatic heterocycles. The Hall–Kier alpha value is 0.234. The van der Waals surface area contributed by atoms with Crippen LogP contribution in [0.1, 0.15) is 32.1 Å². The lowest BCUT2D eigenvalue weighted by Crippen LogP contribution is -2.50. The molecule has 0 aromatic rings. The molecule has 0 aliphatic carbocycles. The maximum atomic E-state index is 5.52. The van der Waals surface area contributed by atoms with Crippen molar-refractivity contribution in [1.29, 1.82) is 0 Å². The zero-order valence-electron chi connectivity index (χ0n) is 16.9. The van der Waals surface area contributed by atoms with Gasteiger partial charge in [-0.1, -0.05) is 26.1 Å². The number of unbranched alkanes of at least 4 members (excludes halogenated alkanes) is 1. The summed E-state index contributed by atoms with van der Waals surface area (Å²) in [5, 5.41) is 0. The second-order valence-corrected chi connectivity index (χ2v) is 15.9. The summed E-state index contributed by atoms with van der Waals surface area (Å²) in [5.74, 6) is 0. The molecule has 0 N–H and O–H groups in total. The molecule has 144 valence electrons. The van der Waals surface area contributed by atoms with E-state index < -0.39 is 17.0 Å². The van der Waals surface area contributed by atoms with Crippen LogP contribution in [0.15, 0.2) is 0 Å². The van der Waals surface area contributed by atoms with Gasteiger partial charge in [-0.05, 0) is 45.3 Å². The van der Waals surface area contributed by atoms with E-state index in [1.807, 2.05) is 0 Å². The Balaban J connectivity index is 2.37. The van der Waals surface area contributed by atoms with Crippen LogP contribution in [-0.4, -0.2) is 80.6 Å². The van der Waals surface area contributed by atoms with Crippen LogP contribution < -0.4 is 0 Å². The number of hydrogen-bond acceptors (Lipinski definition) is 5. The Labute approximate surface area is 152 Å². The van der Waals surface area contributed by atoms with Crippen LogP contribution in [0.4, 0.5) is 0 Å². The summed E-state index contributed by atoms with van der Waals surface area (Å²) < 4.78 is 19.3. The zero-order chi connectivity index (χ0) is 18.1. The summed E-state index contributed by atoms with van der Waals surface area (Å²) in [6.07, 6.45) is 6.47. The molecule has 1 saturated heterocycles. The molecule has 1 aliphatic rings. The fourth-order valence-corrected chi connectivity index (χ4v) is 6.82. The molecule has 1 heterocycles. The number of likely N-dealkylation sites (tertiary alicyclic amines) is 1. The van der Waals surface area contributed by atoms with Crippen LogP contribution >= 0.6 is 0 Å². The third-order valence-corrected chi connectivity index (χ3v) is 10.4. The predicted molar refractivity (Wildman–Crippen MR) is 106 cm³/mol. The highest BCUT2D eigenvalue weighted by Crippen LogP contribution is 2.18. The molecule has 0 radical (unpaired) electrons. The summed E-state index contributed by atoms with van der Waals surface area (Å²) in [7, 11) is 1.44. The maximum absolute atomic E-state index is 5.52. The lowest BCUT2D eigenvalue weighted by molar-refractivity contribution is 0.122. The number of nitrogens with zero attached hydrogens (tertiary/aromatic N) is 2. The molecule has 0 bridgehead atoms. The summed E-state index contributed by atoms with van der Waals surface area (Å²) in [5.41, 5.74) is 0. The van der Waals surface area contributed by atoms with Gasteiger partial charge in [0.2, 0.25) is 0 Å². The molecule has 5 nitrogen and oxygen atoms in total. The third-order valence-electron chi connectivity index (χ3n) is 5.18. The molecule has 0 atom stereocenters. The summed E-state index contributed by atoms with van der Waals surface area (Å²) in [4.78, 5) is 2.65. The standard InChI is InChI=1S/C17H40N2O3Si2/c1-20-24(21-2,22-3)17-11-10-14-19(23(4,5)6)16-15-18-12-8-7-9-13-18/h7-17H2,1-6H3. The highest BCUT2D eigenvalue weighted by molar-refractivity contribution is 6.73. The van der Waals surface area contributed by atoms with Gasteiger partial charge in [0, 0.05) is 40.5 Å². The minimum atomic E-state index is -2.40. The van der Waals surface area contributed by atoms with Gasteiger partial charge in [0.05, 0.1) is 0 Å². The molecule has 0 aromatic carbocycles. The first-order chi connectivity index (χ1) is 11.4. The molecular formula is C17H40N2O3Si2. The molecule has 1 fully saturated rings. The molecule has 0 unspecified atom stereocenters. The topological polar surface area (TPSA) is 34.2 Å². The second kappa shape index (κ2) is 11.1. The molecule has 24 heavy (non-hydrogen) atoms. The molecule has 0 saturated carbocycles. The van der Waals surface area contributed by atoms with Crippen molar-refractivity contribution in [2.24, 2.45) is 0 Å². The average Bonchev–Trinajstić information content (AvgIpc) is 2.58. The van der Waals surface area contributed by atoms with Crippen molar-refractivity contribution in [2.75, 3.05) is 54.1 Å². The van der Waals surface area contributed by atoms with Crippen LogP contribution in [0, 0.1) is 0 Å². The normalized spacial score (nSPS) is 17.6. The highest BCUT2D eigenvalue weighted by Gasteiger charge is 2.37. The Kier molecular flexibility index (Phi) is 10.3. The van der Waals surface area contributed by atoms with Gasteiger partial charge in [0.15, 0.2) is 0 Å². The number of rotatable bonds is 12. The van der Waals surface area contributed by atoms with Crippen molar-refractivity contribution >= 4 is 17.0 Å². The SMILES string of the molecule is CO[Si](CCCCN(CCN1CCCCC1)[Si](C)(C)C)(OC)OC. The van der Waals surface area contributed by atoms with Crippen LogP contribution in [0.25, 0.3) is 0 Å². The van der Waals surface area contributed by atoms with E-state index in [0.717, 1.165) is 12.5 Å². The molecule has 0 aromatic heterocycles. The monoisotopic (exact) mass is 376 g/mol. The molecular weight excluding hydrogens is 336 g/mol. The van der Waals surface area contributed by atoms with E-state index in [1.54, 1.807) is 21.3 Å². The first kappa shape index (κ1) is 22.3. The van der Waals surface area contributed by atoms with Crippen LogP contribution in [0.3, 0.4) is 0 Å². The van der Waals surface area contributed by atoms with Gasteiger partial charge in [-0.25, -0.2) is 0 Å². The first-order valence-electron chi connectivity index (χ1n) is 9.50. The van der Waals surface area contributed by atoms with Crippen LogP contribution in [0.2, 0.25) is 25.7 Å². The lowest BCUT2D eigenvalue weighted by Gasteiger charge is -2.37. The van der Waals surface area contributed by atoms with E-state index >= 15 is 0 Å². The Bertz CT molecular complexity index is 322. The molecule has 7 heteroatoms. The number of hydrogen-bond donors (Lipinski definition) is 0. The minimum absolute atomic E-state index is 0.905. The third kappa shape index (κ3) is 7.64. The minimum Gasteiger partial charge on any atom is -0.377 e. The van der Waals surface area contributed by atoms with E-state index in [9.17, 15) is 0 Å². The van der Waals surface area contributed by atoms with Gasteiger partial charge in [-0.15, -0.1) is 0 Å². The number of piperidine rings is 1. The maximum Gasteiger partial charge on any atom is 0.500 e. The van der Waals surface area contributed by atoms with Gasteiger partial charge in [0.25, 0.3) is 0 Å². The van der Waals surface area contributed by atoms with Crippen molar-refractivity contribution in [2.45, 2.75) is 57.8 Å². The van der Waals surface area contributed by atoms with Crippen molar-refractivity contribution < 1.29 is 13.3 Å². The van der Waals surface area contributed by atoms with Crippen LogP contribution in [0.5, 0.6) is 0 Å². The fourth-order valence-electron chi connectivity index (χ4n) is 3.43. The van der Waals surface area contributed by atoms with Crippen molar-refractivity contribution in [3.63, 3.8) is 0 Å². The Morgan fingerprint density at radius 1 is 0.833 bits per heavy atom. The van der Waals surface area contributed by atoms with Crippen molar-refractivity contribution in [1.82, 2.24) is 9.47 Å². The van der Waals surface area contributed by atoms with Gasteiger partial charge in [-0.2, -0.15) is 0 Å². The van der Waals surface area contributed by atoms with E-state index in [4.69, 9.17) is 13.3 Å². The summed E-state index contributed by atoms with van der Waals surface area (Å²) in [6, 6.07) is 0.905. The van der Waals surface area contributed by atoms with Gasteiger partial charge in [0.1, 0.15) is 8.24 Å². The van der Waals surface area contributed by atoms with E-state index in [2.05, 4.69) is 29.1 Å². The van der Waals surface area contributed by atoms with Gasteiger partial charge in [-0.3, -0.25) is 0 Å².